The Balaban J connectivity index is 1.67. The molecule has 1 atom stereocenters. The second-order valence-electron chi connectivity index (χ2n) is 7.39. The van der Waals surface area contributed by atoms with E-state index in [1.165, 1.54) is 56.3 Å². The fourth-order valence-electron chi connectivity index (χ4n) is 3.63. The van der Waals surface area contributed by atoms with E-state index in [-0.39, 0.29) is 0 Å². The van der Waals surface area contributed by atoms with Gasteiger partial charge in [-0.05, 0) is 61.2 Å². The zero-order valence-corrected chi connectivity index (χ0v) is 13.6. The standard InChI is InChI=1S/C19H30N2/c1-3-19(2)10-12-21(13-11-19)18(14-20)17-8-6-16(7-9-17)15-4-5-15/h6-9,15,18H,3-5,10-14,20H2,1-2H3. The van der Waals surface area contributed by atoms with Crippen LogP contribution in [0.25, 0.3) is 0 Å². The third-order valence-corrected chi connectivity index (χ3v) is 5.89. The Kier molecular flexibility index (Phi) is 4.37. The average Bonchev–Trinajstić information content (AvgIpc) is 3.36. The van der Waals surface area contributed by atoms with E-state index < -0.39 is 0 Å². The fourth-order valence-corrected chi connectivity index (χ4v) is 3.63. The first kappa shape index (κ1) is 15.1. The highest BCUT2D eigenvalue weighted by Crippen LogP contribution is 2.41. The minimum Gasteiger partial charge on any atom is -0.329 e. The number of nitrogens with two attached hydrogens (primary N) is 1. The van der Waals surface area contributed by atoms with Crippen molar-refractivity contribution in [1.82, 2.24) is 4.90 Å². The lowest BCUT2D eigenvalue weighted by atomic mass is 9.78. The predicted octanol–water partition coefficient (Wildman–Crippen LogP) is 4.08. The van der Waals surface area contributed by atoms with Crippen LogP contribution in [0, 0.1) is 5.41 Å². The zero-order valence-electron chi connectivity index (χ0n) is 13.6. The Bertz CT molecular complexity index is 453. The number of likely N-dealkylation sites (tertiary alicyclic amines) is 1. The summed E-state index contributed by atoms with van der Waals surface area (Å²) in [5.41, 5.74) is 9.58. The van der Waals surface area contributed by atoms with Gasteiger partial charge in [0, 0.05) is 12.6 Å². The lowest BCUT2D eigenvalue weighted by Crippen LogP contribution is -2.42. The minimum absolute atomic E-state index is 0.402. The predicted molar refractivity (Wildman–Crippen MR) is 89.4 cm³/mol. The van der Waals surface area contributed by atoms with Crippen molar-refractivity contribution < 1.29 is 0 Å². The summed E-state index contributed by atoms with van der Waals surface area (Å²) in [5.74, 6) is 0.843. The van der Waals surface area contributed by atoms with Gasteiger partial charge in [0.2, 0.25) is 0 Å². The summed E-state index contributed by atoms with van der Waals surface area (Å²) >= 11 is 0. The van der Waals surface area contributed by atoms with Crippen LogP contribution in [0.4, 0.5) is 0 Å². The third-order valence-electron chi connectivity index (χ3n) is 5.89. The highest BCUT2D eigenvalue weighted by atomic mass is 15.2. The number of rotatable bonds is 5. The van der Waals surface area contributed by atoms with Gasteiger partial charge < -0.3 is 5.73 Å². The number of benzene rings is 1. The molecule has 2 fully saturated rings. The molecule has 1 aromatic rings. The smallest absolute Gasteiger partial charge is 0.0470 e. The molecule has 3 rings (SSSR count). The quantitative estimate of drug-likeness (QED) is 0.884. The van der Waals surface area contributed by atoms with Crippen LogP contribution in [0.5, 0.6) is 0 Å². The molecule has 21 heavy (non-hydrogen) atoms. The van der Waals surface area contributed by atoms with Crippen molar-refractivity contribution in [3.63, 3.8) is 0 Å². The molecule has 1 aliphatic heterocycles. The Morgan fingerprint density at radius 1 is 1.19 bits per heavy atom. The van der Waals surface area contributed by atoms with Gasteiger partial charge >= 0.3 is 0 Å². The number of nitrogens with zero attached hydrogens (tertiary/aromatic N) is 1. The lowest BCUT2D eigenvalue weighted by Gasteiger charge is -2.42. The first-order valence-electron chi connectivity index (χ1n) is 8.69. The van der Waals surface area contributed by atoms with E-state index in [1.54, 1.807) is 0 Å². The van der Waals surface area contributed by atoms with Crippen molar-refractivity contribution >= 4 is 0 Å². The van der Waals surface area contributed by atoms with Gasteiger partial charge in [-0.25, -0.2) is 0 Å². The maximum Gasteiger partial charge on any atom is 0.0470 e. The number of piperidine rings is 1. The summed E-state index contributed by atoms with van der Waals surface area (Å²) in [6.07, 6.45) is 6.66. The molecule has 1 saturated carbocycles. The maximum absolute atomic E-state index is 6.10. The van der Waals surface area contributed by atoms with E-state index in [2.05, 4.69) is 43.0 Å². The van der Waals surface area contributed by atoms with Gasteiger partial charge in [-0.1, -0.05) is 44.5 Å². The average molecular weight is 286 g/mol. The highest BCUT2D eigenvalue weighted by molar-refractivity contribution is 5.30. The second-order valence-corrected chi connectivity index (χ2v) is 7.39. The molecular formula is C19H30N2. The first-order valence-corrected chi connectivity index (χ1v) is 8.69. The topological polar surface area (TPSA) is 29.3 Å². The summed E-state index contributed by atoms with van der Waals surface area (Å²) in [4.78, 5) is 2.60. The maximum atomic E-state index is 6.10. The monoisotopic (exact) mass is 286 g/mol. The van der Waals surface area contributed by atoms with Crippen molar-refractivity contribution in [3.05, 3.63) is 35.4 Å². The van der Waals surface area contributed by atoms with Crippen LogP contribution in [0.2, 0.25) is 0 Å². The van der Waals surface area contributed by atoms with E-state index >= 15 is 0 Å². The lowest BCUT2D eigenvalue weighted by molar-refractivity contribution is 0.0829. The molecule has 2 heteroatoms. The van der Waals surface area contributed by atoms with E-state index in [4.69, 9.17) is 5.73 Å². The molecule has 1 aliphatic carbocycles. The van der Waals surface area contributed by atoms with Crippen LogP contribution in [0.1, 0.15) is 69.0 Å². The molecule has 0 amide bonds. The molecule has 1 heterocycles. The van der Waals surface area contributed by atoms with E-state index in [0.717, 1.165) is 12.5 Å². The van der Waals surface area contributed by atoms with Gasteiger partial charge in [-0.3, -0.25) is 4.90 Å². The molecule has 1 unspecified atom stereocenters. The van der Waals surface area contributed by atoms with Gasteiger partial charge in [0.05, 0.1) is 0 Å². The summed E-state index contributed by atoms with van der Waals surface area (Å²) < 4.78 is 0. The Morgan fingerprint density at radius 2 is 1.81 bits per heavy atom. The molecule has 0 radical (unpaired) electrons. The summed E-state index contributed by atoms with van der Waals surface area (Å²) in [5, 5.41) is 0. The minimum atomic E-state index is 0.402. The molecule has 1 saturated heterocycles. The Morgan fingerprint density at radius 3 is 2.29 bits per heavy atom. The van der Waals surface area contributed by atoms with Crippen molar-refractivity contribution in [2.45, 2.75) is 57.9 Å². The summed E-state index contributed by atoms with van der Waals surface area (Å²) in [6.45, 7) is 7.87. The summed E-state index contributed by atoms with van der Waals surface area (Å²) in [7, 11) is 0. The van der Waals surface area contributed by atoms with Crippen LogP contribution in [0.3, 0.4) is 0 Å². The van der Waals surface area contributed by atoms with Gasteiger partial charge in [0.15, 0.2) is 0 Å². The molecule has 0 aromatic heterocycles. The van der Waals surface area contributed by atoms with Gasteiger partial charge in [-0.2, -0.15) is 0 Å². The zero-order chi connectivity index (χ0) is 14.9. The van der Waals surface area contributed by atoms with Crippen molar-refractivity contribution in [3.8, 4) is 0 Å². The summed E-state index contributed by atoms with van der Waals surface area (Å²) in [6, 6.07) is 9.70. The molecule has 2 nitrogen and oxygen atoms in total. The molecule has 2 N–H and O–H groups in total. The van der Waals surface area contributed by atoms with E-state index in [0.29, 0.717) is 11.5 Å². The molecule has 1 aromatic carbocycles. The molecule has 116 valence electrons. The first-order chi connectivity index (χ1) is 10.1. The van der Waals surface area contributed by atoms with Crippen LogP contribution >= 0.6 is 0 Å². The highest BCUT2D eigenvalue weighted by Gasteiger charge is 2.31. The SMILES string of the molecule is CCC1(C)CCN(C(CN)c2ccc(C3CC3)cc2)CC1. The van der Waals surface area contributed by atoms with E-state index in [1.807, 2.05) is 0 Å². The fraction of sp³-hybridized carbons (Fsp3) is 0.684. The second kappa shape index (κ2) is 6.10. The van der Waals surface area contributed by atoms with Crippen molar-refractivity contribution in [2.75, 3.05) is 19.6 Å². The van der Waals surface area contributed by atoms with Crippen LogP contribution in [-0.4, -0.2) is 24.5 Å². The van der Waals surface area contributed by atoms with Crippen molar-refractivity contribution in [2.24, 2.45) is 11.1 Å². The van der Waals surface area contributed by atoms with Gasteiger partial charge in [0.25, 0.3) is 0 Å². The van der Waals surface area contributed by atoms with Crippen LogP contribution in [0.15, 0.2) is 24.3 Å². The van der Waals surface area contributed by atoms with Gasteiger partial charge in [0.1, 0.15) is 0 Å². The largest absolute Gasteiger partial charge is 0.329 e. The van der Waals surface area contributed by atoms with Crippen LogP contribution < -0.4 is 5.73 Å². The molecule has 2 aliphatic rings. The Hall–Kier alpha value is -0.860. The van der Waals surface area contributed by atoms with E-state index in [9.17, 15) is 0 Å². The molecule has 0 spiro atoms. The molecule has 0 bridgehead atoms. The normalized spacial score (nSPS) is 24.0. The van der Waals surface area contributed by atoms with Crippen molar-refractivity contribution in [1.29, 1.82) is 0 Å². The number of hydrogen-bond acceptors (Lipinski definition) is 2. The number of hydrogen-bond donors (Lipinski definition) is 1. The van der Waals surface area contributed by atoms with Gasteiger partial charge in [-0.15, -0.1) is 0 Å². The Labute approximate surface area is 129 Å². The third kappa shape index (κ3) is 3.32. The van der Waals surface area contributed by atoms with Crippen LogP contribution in [-0.2, 0) is 0 Å². The molecular weight excluding hydrogens is 256 g/mol.